The molecule has 1 aliphatic heterocycles. The molecule has 26 heavy (non-hydrogen) atoms. The van der Waals surface area contributed by atoms with Crippen LogP contribution in [0, 0.1) is 0 Å². The van der Waals surface area contributed by atoms with Crippen molar-refractivity contribution in [2.75, 3.05) is 25.9 Å². The second kappa shape index (κ2) is 8.36. The van der Waals surface area contributed by atoms with Gasteiger partial charge in [0, 0.05) is 26.7 Å². The average molecular weight is 372 g/mol. The quantitative estimate of drug-likeness (QED) is 0.498. The Bertz CT molecular complexity index is 864. The van der Waals surface area contributed by atoms with E-state index in [1.54, 1.807) is 31.3 Å². The van der Waals surface area contributed by atoms with E-state index in [1.165, 1.54) is 11.1 Å². The third kappa shape index (κ3) is 4.43. The van der Waals surface area contributed by atoms with Crippen LogP contribution in [-0.2, 0) is 22.8 Å². The molecule has 0 aromatic heterocycles. The van der Waals surface area contributed by atoms with Gasteiger partial charge in [0.1, 0.15) is 0 Å². The van der Waals surface area contributed by atoms with Gasteiger partial charge >= 0.3 is 0 Å². The summed E-state index contributed by atoms with van der Waals surface area (Å²) >= 11 is 0. The summed E-state index contributed by atoms with van der Waals surface area (Å²) < 4.78 is 24.6. The summed E-state index contributed by atoms with van der Waals surface area (Å²) in [4.78, 5) is 6.96. The Hall–Kier alpha value is -2.34. The van der Waals surface area contributed by atoms with Gasteiger partial charge in [0.05, 0.1) is 10.6 Å². The fraction of sp³-hybridized carbons (Fsp3) is 0.350. The van der Waals surface area contributed by atoms with Gasteiger partial charge < -0.3 is 10.2 Å². The minimum atomic E-state index is -3.22. The van der Waals surface area contributed by atoms with Crippen molar-refractivity contribution in [3.05, 3.63) is 65.7 Å². The van der Waals surface area contributed by atoms with Crippen LogP contribution in [-0.4, -0.2) is 45.2 Å². The molecule has 6 heteroatoms. The van der Waals surface area contributed by atoms with E-state index in [9.17, 15) is 8.42 Å². The molecule has 0 saturated carbocycles. The van der Waals surface area contributed by atoms with Crippen molar-refractivity contribution in [3.63, 3.8) is 0 Å². The summed E-state index contributed by atoms with van der Waals surface area (Å²) in [5, 5.41) is 3.31. The molecule has 0 bridgehead atoms. The van der Waals surface area contributed by atoms with E-state index in [1.807, 2.05) is 6.07 Å². The van der Waals surface area contributed by atoms with Gasteiger partial charge in [0.2, 0.25) is 0 Å². The van der Waals surface area contributed by atoms with Gasteiger partial charge in [-0.2, -0.15) is 0 Å². The predicted octanol–water partition coefficient (Wildman–Crippen LogP) is 2.48. The number of nitrogens with zero attached hydrogens (tertiary/aromatic N) is 2. The first-order valence-electron chi connectivity index (χ1n) is 8.90. The van der Waals surface area contributed by atoms with E-state index >= 15 is 0 Å². The van der Waals surface area contributed by atoms with Gasteiger partial charge in [-0.25, -0.2) is 8.42 Å². The molecule has 0 unspecified atom stereocenters. The molecule has 2 aromatic carbocycles. The van der Waals surface area contributed by atoms with Crippen molar-refractivity contribution in [3.8, 4) is 0 Å². The van der Waals surface area contributed by atoms with Crippen LogP contribution < -0.4 is 5.32 Å². The minimum absolute atomic E-state index is 0.129. The number of aliphatic imine (C=N–C) groups is 1. The fourth-order valence-electron chi connectivity index (χ4n) is 3.22. The van der Waals surface area contributed by atoms with Gasteiger partial charge in [-0.15, -0.1) is 0 Å². The van der Waals surface area contributed by atoms with Gasteiger partial charge in [0.15, 0.2) is 15.8 Å². The highest BCUT2D eigenvalue weighted by Gasteiger charge is 2.19. The van der Waals surface area contributed by atoms with Gasteiger partial charge in [-0.3, -0.25) is 4.99 Å². The largest absolute Gasteiger partial charge is 0.356 e. The van der Waals surface area contributed by atoms with Crippen molar-refractivity contribution in [1.29, 1.82) is 0 Å². The zero-order valence-corrected chi connectivity index (χ0v) is 15.9. The fourth-order valence-corrected chi connectivity index (χ4v) is 4.55. The monoisotopic (exact) mass is 371 g/mol. The topological polar surface area (TPSA) is 61.8 Å². The lowest BCUT2D eigenvalue weighted by atomic mass is 10.0. The van der Waals surface area contributed by atoms with Crippen molar-refractivity contribution >= 4 is 15.8 Å². The molecule has 0 amide bonds. The highest BCUT2D eigenvalue weighted by atomic mass is 32.2. The Morgan fingerprint density at radius 2 is 1.77 bits per heavy atom. The van der Waals surface area contributed by atoms with Gasteiger partial charge in [-0.05, 0) is 36.1 Å². The number of benzene rings is 2. The first-order chi connectivity index (χ1) is 12.6. The summed E-state index contributed by atoms with van der Waals surface area (Å²) in [5.74, 6) is 0.959. The molecule has 0 atom stereocenters. The first kappa shape index (κ1) is 18.5. The van der Waals surface area contributed by atoms with E-state index in [0.717, 1.165) is 25.5 Å². The number of guanidine groups is 1. The molecule has 1 heterocycles. The molecule has 2 aromatic rings. The van der Waals surface area contributed by atoms with E-state index < -0.39 is 9.84 Å². The molecular weight excluding hydrogens is 346 g/mol. The van der Waals surface area contributed by atoms with Gasteiger partial charge in [-0.1, -0.05) is 42.5 Å². The van der Waals surface area contributed by atoms with Crippen LogP contribution in [0.2, 0.25) is 0 Å². The van der Waals surface area contributed by atoms with E-state index in [0.29, 0.717) is 17.9 Å². The number of rotatable bonds is 5. The number of fused-ring (bicyclic) bond motifs is 1. The van der Waals surface area contributed by atoms with Crippen molar-refractivity contribution in [2.45, 2.75) is 24.3 Å². The molecule has 1 N–H and O–H groups in total. The normalized spacial score (nSPS) is 14.8. The third-order valence-corrected chi connectivity index (χ3v) is 6.43. The highest BCUT2D eigenvalue weighted by Crippen LogP contribution is 2.18. The Morgan fingerprint density at radius 1 is 1.08 bits per heavy atom. The Balaban J connectivity index is 1.51. The predicted molar refractivity (Wildman–Crippen MR) is 105 cm³/mol. The molecular formula is C20H25N3O2S. The van der Waals surface area contributed by atoms with Gasteiger partial charge in [0.25, 0.3) is 0 Å². The van der Waals surface area contributed by atoms with Crippen LogP contribution in [0.1, 0.15) is 17.5 Å². The maximum atomic E-state index is 12.3. The van der Waals surface area contributed by atoms with Crippen LogP contribution in [0.4, 0.5) is 0 Å². The summed E-state index contributed by atoms with van der Waals surface area (Å²) in [6.07, 6.45) is 1.54. The van der Waals surface area contributed by atoms with Crippen molar-refractivity contribution in [1.82, 2.24) is 10.2 Å². The maximum absolute atomic E-state index is 12.3. The van der Waals surface area contributed by atoms with Crippen molar-refractivity contribution in [2.24, 2.45) is 4.99 Å². The zero-order chi connectivity index (χ0) is 18.4. The molecule has 138 valence electrons. The lowest BCUT2D eigenvalue weighted by Gasteiger charge is -2.31. The molecule has 0 radical (unpaired) electrons. The van der Waals surface area contributed by atoms with Crippen LogP contribution in [0.3, 0.4) is 0 Å². The lowest BCUT2D eigenvalue weighted by molar-refractivity contribution is 0.379. The molecule has 0 saturated heterocycles. The number of hydrogen-bond donors (Lipinski definition) is 1. The van der Waals surface area contributed by atoms with E-state index in [-0.39, 0.29) is 5.75 Å². The summed E-state index contributed by atoms with van der Waals surface area (Å²) in [7, 11) is -1.46. The molecule has 0 fully saturated rings. The van der Waals surface area contributed by atoms with E-state index in [2.05, 4.69) is 39.5 Å². The molecule has 0 spiro atoms. The maximum Gasteiger partial charge on any atom is 0.193 e. The smallest absolute Gasteiger partial charge is 0.193 e. The summed E-state index contributed by atoms with van der Waals surface area (Å²) in [6, 6.07) is 17.1. The molecule has 1 aliphatic rings. The Morgan fingerprint density at radius 3 is 2.50 bits per heavy atom. The summed E-state index contributed by atoms with van der Waals surface area (Å²) in [6.45, 7) is 2.33. The van der Waals surface area contributed by atoms with Crippen LogP contribution in [0.15, 0.2) is 64.5 Å². The SMILES string of the molecule is CN=C(NCCCS(=O)(=O)c1ccccc1)N1CCc2ccccc2C1. The Labute approximate surface area is 155 Å². The average Bonchev–Trinajstić information content (AvgIpc) is 2.68. The lowest BCUT2D eigenvalue weighted by Crippen LogP contribution is -2.44. The zero-order valence-electron chi connectivity index (χ0n) is 15.1. The number of nitrogens with one attached hydrogen (secondary N) is 1. The van der Waals surface area contributed by atoms with E-state index in [4.69, 9.17) is 0 Å². The second-order valence-corrected chi connectivity index (χ2v) is 8.51. The van der Waals surface area contributed by atoms with Crippen LogP contribution >= 0.6 is 0 Å². The van der Waals surface area contributed by atoms with Crippen LogP contribution in [0.5, 0.6) is 0 Å². The summed E-state index contributed by atoms with van der Waals surface area (Å²) in [5.41, 5.74) is 2.72. The Kier molecular flexibility index (Phi) is 5.93. The van der Waals surface area contributed by atoms with Crippen molar-refractivity contribution < 1.29 is 8.42 Å². The molecule has 5 nitrogen and oxygen atoms in total. The van der Waals surface area contributed by atoms with Crippen LogP contribution in [0.25, 0.3) is 0 Å². The molecule has 0 aliphatic carbocycles. The first-order valence-corrected chi connectivity index (χ1v) is 10.6. The number of sulfone groups is 1. The standard InChI is InChI=1S/C20H25N3O2S/c1-21-20(23-14-12-17-8-5-6-9-18(17)16-23)22-13-7-15-26(24,25)19-10-3-2-4-11-19/h2-6,8-11H,7,12-16H2,1H3,(H,21,22). The number of hydrogen-bond acceptors (Lipinski definition) is 3. The second-order valence-electron chi connectivity index (χ2n) is 6.40. The highest BCUT2D eigenvalue weighted by molar-refractivity contribution is 7.91. The third-order valence-electron chi connectivity index (χ3n) is 4.62. The minimum Gasteiger partial charge on any atom is -0.356 e. The molecule has 3 rings (SSSR count).